The monoisotopic (exact) mass is 292 g/mol. The van der Waals surface area contributed by atoms with Gasteiger partial charge in [-0.3, -0.25) is 0 Å². The third-order valence-corrected chi connectivity index (χ3v) is 3.69. The van der Waals surface area contributed by atoms with Gasteiger partial charge in [-0.2, -0.15) is 0 Å². The van der Waals surface area contributed by atoms with Crippen LogP contribution in [0, 0.1) is 0 Å². The number of hydrogen-bond donors (Lipinski definition) is 1. The minimum absolute atomic E-state index is 0.152. The summed E-state index contributed by atoms with van der Waals surface area (Å²) in [5.74, 6) is -1.05. The molecule has 0 atom stereocenters. The van der Waals surface area contributed by atoms with Gasteiger partial charge in [0.2, 0.25) is 0 Å². The van der Waals surface area contributed by atoms with Gasteiger partial charge in [-0.25, -0.2) is 13.2 Å². The van der Waals surface area contributed by atoms with Crippen LogP contribution in [0.15, 0.2) is 53.4 Å². The maximum atomic E-state index is 11.7. The van der Waals surface area contributed by atoms with Crippen molar-refractivity contribution < 1.29 is 23.1 Å². The quantitative estimate of drug-likeness (QED) is 0.936. The van der Waals surface area contributed by atoms with E-state index in [1.165, 1.54) is 18.2 Å². The predicted molar refractivity (Wildman–Crippen MR) is 73.0 cm³/mol. The number of sulfone groups is 1. The van der Waals surface area contributed by atoms with E-state index in [1.807, 2.05) is 0 Å². The summed E-state index contributed by atoms with van der Waals surface area (Å²) in [4.78, 5) is 11.1. The number of hydrogen-bond acceptors (Lipinski definition) is 4. The van der Waals surface area contributed by atoms with Crippen molar-refractivity contribution in [3.05, 3.63) is 54.1 Å². The Morgan fingerprint density at radius 2 is 1.70 bits per heavy atom. The van der Waals surface area contributed by atoms with Crippen molar-refractivity contribution in [1.82, 2.24) is 0 Å². The lowest BCUT2D eigenvalue weighted by molar-refractivity contribution is 0.0693. The van der Waals surface area contributed by atoms with E-state index in [0.717, 1.165) is 6.26 Å². The molecule has 20 heavy (non-hydrogen) atoms. The van der Waals surface area contributed by atoms with Crippen LogP contribution in [-0.2, 0) is 9.84 Å². The fourth-order valence-electron chi connectivity index (χ4n) is 1.69. The molecule has 5 nitrogen and oxygen atoms in total. The van der Waals surface area contributed by atoms with Crippen molar-refractivity contribution in [2.75, 3.05) is 6.26 Å². The summed E-state index contributed by atoms with van der Waals surface area (Å²) in [7, 11) is -3.60. The number of benzene rings is 2. The van der Waals surface area contributed by atoms with E-state index < -0.39 is 15.8 Å². The van der Waals surface area contributed by atoms with Crippen molar-refractivity contribution in [3.63, 3.8) is 0 Å². The number of aromatic carboxylic acids is 1. The SMILES string of the molecule is CS(=O)(=O)c1cccc(C(=O)O)c1Oc1ccccc1. The molecule has 0 radical (unpaired) electrons. The molecule has 104 valence electrons. The molecule has 0 aliphatic rings. The van der Waals surface area contributed by atoms with Gasteiger partial charge in [0.15, 0.2) is 15.6 Å². The third kappa shape index (κ3) is 2.97. The average Bonchev–Trinajstić information content (AvgIpc) is 2.38. The van der Waals surface area contributed by atoms with Crippen LogP contribution in [0.25, 0.3) is 0 Å². The maximum absolute atomic E-state index is 11.7. The summed E-state index contributed by atoms with van der Waals surface area (Å²) in [6.07, 6.45) is 1.01. The fourth-order valence-corrected chi connectivity index (χ4v) is 2.50. The number of carboxylic acids is 1. The molecule has 0 heterocycles. The van der Waals surface area contributed by atoms with E-state index in [4.69, 9.17) is 9.84 Å². The smallest absolute Gasteiger partial charge is 0.339 e. The Labute approximate surface area is 116 Å². The number of carbonyl (C=O) groups is 1. The van der Waals surface area contributed by atoms with Gasteiger partial charge in [0, 0.05) is 6.26 Å². The van der Waals surface area contributed by atoms with E-state index >= 15 is 0 Å². The van der Waals surface area contributed by atoms with Gasteiger partial charge in [-0.15, -0.1) is 0 Å². The molecule has 0 fully saturated rings. The minimum Gasteiger partial charge on any atom is -0.478 e. The van der Waals surface area contributed by atoms with Crippen molar-refractivity contribution in [3.8, 4) is 11.5 Å². The Kier molecular flexibility index (Phi) is 3.76. The first kappa shape index (κ1) is 14.1. The molecule has 1 N–H and O–H groups in total. The molecule has 0 amide bonds. The van der Waals surface area contributed by atoms with Crippen molar-refractivity contribution in [2.45, 2.75) is 4.90 Å². The first-order valence-corrected chi connectivity index (χ1v) is 7.58. The molecule has 0 aliphatic carbocycles. The van der Waals surface area contributed by atoms with Gasteiger partial charge >= 0.3 is 5.97 Å². The van der Waals surface area contributed by atoms with Crippen LogP contribution in [0.5, 0.6) is 11.5 Å². The molecule has 0 saturated carbocycles. The lowest BCUT2D eigenvalue weighted by atomic mass is 10.2. The molecular formula is C14H12O5S. The van der Waals surface area contributed by atoms with Gasteiger partial charge in [0.05, 0.1) is 0 Å². The van der Waals surface area contributed by atoms with Gasteiger partial charge in [-0.1, -0.05) is 24.3 Å². The first-order valence-electron chi connectivity index (χ1n) is 5.69. The molecular weight excluding hydrogens is 280 g/mol. The topological polar surface area (TPSA) is 80.7 Å². The standard InChI is InChI=1S/C14H12O5S/c1-20(17,18)12-9-5-8-11(14(15)16)13(12)19-10-6-3-2-4-7-10/h2-9H,1H3,(H,15,16). The van der Waals surface area contributed by atoms with Crippen LogP contribution in [0.3, 0.4) is 0 Å². The van der Waals surface area contributed by atoms with Gasteiger partial charge < -0.3 is 9.84 Å². The second-order valence-electron chi connectivity index (χ2n) is 4.13. The molecule has 6 heteroatoms. The summed E-state index contributed by atoms with van der Waals surface area (Å²) in [6.45, 7) is 0. The molecule has 2 aromatic carbocycles. The van der Waals surface area contributed by atoms with Gasteiger partial charge in [0.1, 0.15) is 16.2 Å². The zero-order chi connectivity index (χ0) is 14.8. The van der Waals surface area contributed by atoms with E-state index in [9.17, 15) is 13.2 Å². The van der Waals surface area contributed by atoms with Gasteiger partial charge in [0.25, 0.3) is 0 Å². The number of para-hydroxylation sites is 2. The van der Waals surface area contributed by atoms with Crippen LogP contribution in [0.4, 0.5) is 0 Å². The molecule has 0 saturated heterocycles. The van der Waals surface area contributed by atoms with E-state index in [-0.39, 0.29) is 16.2 Å². The van der Waals surface area contributed by atoms with E-state index in [2.05, 4.69) is 0 Å². The van der Waals surface area contributed by atoms with Crippen LogP contribution >= 0.6 is 0 Å². The average molecular weight is 292 g/mol. The summed E-state index contributed by atoms with van der Waals surface area (Å²) >= 11 is 0. The Bertz CT molecular complexity index is 735. The lowest BCUT2D eigenvalue weighted by Gasteiger charge is -2.12. The fraction of sp³-hybridized carbons (Fsp3) is 0.0714. The van der Waals surface area contributed by atoms with Crippen molar-refractivity contribution in [2.24, 2.45) is 0 Å². The number of ether oxygens (including phenoxy) is 1. The van der Waals surface area contributed by atoms with Crippen molar-refractivity contribution in [1.29, 1.82) is 0 Å². The summed E-state index contributed by atoms with van der Waals surface area (Å²) < 4.78 is 29.0. The molecule has 0 aliphatic heterocycles. The van der Waals surface area contributed by atoms with Crippen LogP contribution in [-0.4, -0.2) is 25.7 Å². The highest BCUT2D eigenvalue weighted by molar-refractivity contribution is 7.90. The summed E-state index contributed by atoms with van der Waals surface area (Å²) in [5, 5.41) is 9.16. The number of carboxylic acid groups (broad SMARTS) is 1. The van der Waals surface area contributed by atoms with Crippen LogP contribution in [0.2, 0.25) is 0 Å². The Morgan fingerprint density at radius 3 is 2.25 bits per heavy atom. The summed E-state index contributed by atoms with van der Waals surface area (Å²) in [5.41, 5.74) is -0.197. The highest BCUT2D eigenvalue weighted by atomic mass is 32.2. The zero-order valence-corrected chi connectivity index (χ0v) is 11.4. The highest BCUT2D eigenvalue weighted by Gasteiger charge is 2.22. The Morgan fingerprint density at radius 1 is 1.05 bits per heavy atom. The summed E-state index contributed by atoms with van der Waals surface area (Å²) in [6, 6.07) is 12.4. The Hall–Kier alpha value is -2.34. The number of rotatable bonds is 4. The molecule has 2 rings (SSSR count). The zero-order valence-electron chi connectivity index (χ0n) is 10.6. The lowest BCUT2D eigenvalue weighted by Crippen LogP contribution is -2.06. The first-order chi connectivity index (χ1) is 9.39. The third-order valence-electron chi connectivity index (χ3n) is 2.57. The molecule has 2 aromatic rings. The second kappa shape index (κ2) is 5.34. The van der Waals surface area contributed by atoms with Gasteiger partial charge in [-0.05, 0) is 24.3 Å². The molecule has 0 unspecified atom stereocenters. The highest BCUT2D eigenvalue weighted by Crippen LogP contribution is 2.32. The van der Waals surface area contributed by atoms with E-state index in [1.54, 1.807) is 30.3 Å². The Balaban J connectivity index is 2.62. The van der Waals surface area contributed by atoms with Crippen molar-refractivity contribution >= 4 is 15.8 Å². The molecule has 0 aromatic heterocycles. The van der Waals surface area contributed by atoms with Crippen LogP contribution in [0.1, 0.15) is 10.4 Å². The molecule has 0 bridgehead atoms. The second-order valence-corrected chi connectivity index (χ2v) is 6.11. The maximum Gasteiger partial charge on any atom is 0.339 e. The van der Waals surface area contributed by atoms with Crippen LogP contribution < -0.4 is 4.74 Å². The minimum atomic E-state index is -3.60. The molecule has 0 spiro atoms. The predicted octanol–water partition coefficient (Wildman–Crippen LogP) is 2.58. The normalized spacial score (nSPS) is 11.1. The van der Waals surface area contributed by atoms with E-state index in [0.29, 0.717) is 5.75 Å². The largest absolute Gasteiger partial charge is 0.478 e.